The van der Waals surface area contributed by atoms with Gasteiger partial charge in [-0.25, -0.2) is 0 Å². The van der Waals surface area contributed by atoms with Crippen LogP contribution in [0.1, 0.15) is 0 Å². The minimum Gasteiger partial charge on any atom is -0.395 e. The number of aromatic nitrogens is 1. The molecule has 0 aliphatic heterocycles. The van der Waals surface area contributed by atoms with Gasteiger partial charge in [0.15, 0.2) is 0 Å². The number of rotatable bonds is 3. The van der Waals surface area contributed by atoms with Crippen LogP contribution in [0.15, 0.2) is 24.5 Å². The third kappa shape index (κ3) is 2.03. The van der Waals surface area contributed by atoms with Gasteiger partial charge in [-0.1, -0.05) is 0 Å². The second kappa shape index (κ2) is 3.85. The van der Waals surface area contributed by atoms with Crippen molar-refractivity contribution in [3.8, 4) is 0 Å². The predicted molar refractivity (Wildman–Crippen MR) is 39.8 cm³/mol. The first-order valence-corrected chi connectivity index (χ1v) is 3.18. The van der Waals surface area contributed by atoms with Crippen LogP contribution in [0.5, 0.6) is 0 Å². The lowest BCUT2D eigenvalue weighted by Gasteiger charge is -2.00. The molecule has 0 bridgehead atoms. The van der Waals surface area contributed by atoms with Gasteiger partial charge in [-0.3, -0.25) is 4.98 Å². The molecule has 1 aromatic heterocycles. The quantitative estimate of drug-likeness (QED) is 0.638. The summed E-state index contributed by atoms with van der Waals surface area (Å²) >= 11 is 0. The highest BCUT2D eigenvalue weighted by Gasteiger charge is 1.85. The van der Waals surface area contributed by atoms with Crippen molar-refractivity contribution < 1.29 is 5.11 Å². The molecule has 1 rings (SSSR count). The van der Waals surface area contributed by atoms with Crippen LogP contribution >= 0.6 is 0 Å². The van der Waals surface area contributed by atoms with Crippen LogP contribution in [0.4, 0.5) is 5.69 Å². The van der Waals surface area contributed by atoms with Crippen molar-refractivity contribution in [3.63, 3.8) is 0 Å². The fourth-order valence-corrected chi connectivity index (χ4v) is 0.668. The first-order chi connectivity index (χ1) is 4.93. The van der Waals surface area contributed by atoms with Crippen molar-refractivity contribution in [2.75, 3.05) is 18.5 Å². The zero-order valence-corrected chi connectivity index (χ0v) is 5.62. The van der Waals surface area contributed by atoms with Crippen molar-refractivity contribution in [2.45, 2.75) is 0 Å². The van der Waals surface area contributed by atoms with Gasteiger partial charge in [0.25, 0.3) is 0 Å². The summed E-state index contributed by atoms with van der Waals surface area (Å²) in [6.07, 6.45) is 3.43. The normalized spacial score (nSPS) is 9.30. The van der Waals surface area contributed by atoms with E-state index in [1.54, 1.807) is 12.4 Å². The van der Waals surface area contributed by atoms with Crippen molar-refractivity contribution in [1.82, 2.24) is 4.98 Å². The van der Waals surface area contributed by atoms with Crippen molar-refractivity contribution >= 4 is 5.69 Å². The molecule has 3 nitrogen and oxygen atoms in total. The van der Waals surface area contributed by atoms with Gasteiger partial charge >= 0.3 is 0 Å². The van der Waals surface area contributed by atoms with Crippen LogP contribution in [0, 0.1) is 0 Å². The molecule has 10 heavy (non-hydrogen) atoms. The standard InChI is InChI=1S/C7H10N2O/c10-5-4-9-7-2-1-3-8-6-7/h1-3,6,9-10H,4-5H2. The van der Waals surface area contributed by atoms with E-state index in [1.165, 1.54) is 0 Å². The average molecular weight is 138 g/mol. The average Bonchev–Trinajstić information content (AvgIpc) is 2.03. The molecule has 3 heteroatoms. The van der Waals surface area contributed by atoms with E-state index in [0.717, 1.165) is 5.69 Å². The number of nitrogens with one attached hydrogen (secondary N) is 1. The van der Waals surface area contributed by atoms with E-state index in [9.17, 15) is 0 Å². The summed E-state index contributed by atoms with van der Waals surface area (Å²) < 4.78 is 0. The number of aliphatic hydroxyl groups is 1. The number of hydrogen-bond donors (Lipinski definition) is 2. The fraction of sp³-hybridized carbons (Fsp3) is 0.286. The van der Waals surface area contributed by atoms with Crippen molar-refractivity contribution in [2.24, 2.45) is 0 Å². The van der Waals surface area contributed by atoms with Crippen LogP contribution in [-0.4, -0.2) is 23.2 Å². The van der Waals surface area contributed by atoms with Gasteiger partial charge in [-0.2, -0.15) is 0 Å². The van der Waals surface area contributed by atoms with E-state index >= 15 is 0 Å². The summed E-state index contributed by atoms with van der Waals surface area (Å²) in [5.41, 5.74) is 0.941. The smallest absolute Gasteiger partial charge is 0.0604 e. The maximum atomic E-state index is 8.44. The maximum absolute atomic E-state index is 8.44. The Morgan fingerprint density at radius 3 is 3.10 bits per heavy atom. The molecule has 0 atom stereocenters. The van der Waals surface area contributed by atoms with Gasteiger partial charge in [0.1, 0.15) is 0 Å². The van der Waals surface area contributed by atoms with Crippen LogP contribution in [0.2, 0.25) is 0 Å². The van der Waals surface area contributed by atoms with Gasteiger partial charge in [0.2, 0.25) is 0 Å². The summed E-state index contributed by atoms with van der Waals surface area (Å²) in [6.45, 7) is 0.723. The number of anilines is 1. The van der Waals surface area contributed by atoms with E-state index in [0.29, 0.717) is 6.54 Å². The molecule has 0 amide bonds. The Labute approximate surface area is 59.7 Å². The summed E-state index contributed by atoms with van der Waals surface area (Å²) in [4.78, 5) is 3.89. The highest BCUT2D eigenvalue weighted by molar-refractivity contribution is 5.39. The summed E-state index contributed by atoms with van der Waals surface area (Å²) in [7, 11) is 0. The number of aliphatic hydroxyl groups excluding tert-OH is 1. The monoisotopic (exact) mass is 138 g/mol. The van der Waals surface area contributed by atoms with E-state index < -0.39 is 0 Å². The summed E-state index contributed by atoms with van der Waals surface area (Å²) in [5, 5.41) is 11.4. The molecule has 2 N–H and O–H groups in total. The SMILES string of the molecule is OCCNc1cccnc1. The van der Waals surface area contributed by atoms with Crippen molar-refractivity contribution in [3.05, 3.63) is 24.5 Å². The van der Waals surface area contributed by atoms with E-state index in [1.807, 2.05) is 12.1 Å². The second-order valence-corrected chi connectivity index (χ2v) is 1.89. The van der Waals surface area contributed by atoms with Gasteiger partial charge in [-0.05, 0) is 12.1 Å². The first kappa shape index (κ1) is 7.02. The van der Waals surface area contributed by atoms with Crippen LogP contribution in [-0.2, 0) is 0 Å². The molecular weight excluding hydrogens is 128 g/mol. The Balaban J connectivity index is 2.43. The highest BCUT2D eigenvalue weighted by Crippen LogP contribution is 2.00. The lowest BCUT2D eigenvalue weighted by Crippen LogP contribution is -2.04. The molecule has 0 aromatic carbocycles. The maximum Gasteiger partial charge on any atom is 0.0604 e. The number of pyridine rings is 1. The fourth-order valence-electron chi connectivity index (χ4n) is 0.668. The Hall–Kier alpha value is -1.09. The summed E-state index contributed by atoms with van der Waals surface area (Å²) in [5.74, 6) is 0. The lowest BCUT2D eigenvalue weighted by atomic mass is 10.4. The summed E-state index contributed by atoms with van der Waals surface area (Å²) in [6, 6.07) is 3.75. The van der Waals surface area contributed by atoms with Gasteiger partial charge in [-0.15, -0.1) is 0 Å². The zero-order valence-electron chi connectivity index (χ0n) is 5.62. The number of nitrogens with zero attached hydrogens (tertiary/aromatic N) is 1. The number of hydrogen-bond acceptors (Lipinski definition) is 3. The molecule has 0 fully saturated rings. The third-order valence-electron chi connectivity index (χ3n) is 1.10. The Kier molecular flexibility index (Phi) is 2.70. The third-order valence-corrected chi connectivity index (χ3v) is 1.10. The molecule has 0 aliphatic carbocycles. The molecule has 54 valence electrons. The Bertz CT molecular complexity index is 176. The molecule has 0 radical (unpaired) electrons. The highest BCUT2D eigenvalue weighted by atomic mass is 16.3. The van der Waals surface area contributed by atoms with Gasteiger partial charge in [0, 0.05) is 18.9 Å². The predicted octanol–water partition coefficient (Wildman–Crippen LogP) is 0.486. The molecular formula is C7H10N2O. The molecule has 0 saturated heterocycles. The van der Waals surface area contributed by atoms with Crippen molar-refractivity contribution in [1.29, 1.82) is 0 Å². The molecule has 0 spiro atoms. The van der Waals surface area contributed by atoms with Crippen LogP contribution < -0.4 is 5.32 Å². The Morgan fingerprint density at radius 2 is 2.50 bits per heavy atom. The molecule has 1 heterocycles. The van der Waals surface area contributed by atoms with E-state index in [4.69, 9.17) is 5.11 Å². The lowest BCUT2D eigenvalue weighted by molar-refractivity contribution is 0.311. The van der Waals surface area contributed by atoms with Crippen LogP contribution in [0.3, 0.4) is 0 Å². The minimum atomic E-state index is 0.148. The molecule has 0 aliphatic rings. The van der Waals surface area contributed by atoms with Gasteiger partial charge in [0.05, 0.1) is 12.3 Å². The van der Waals surface area contributed by atoms with Gasteiger partial charge < -0.3 is 10.4 Å². The molecule has 0 unspecified atom stereocenters. The minimum absolute atomic E-state index is 0.148. The Morgan fingerprint density at radius 1 is 1.60 bits per heavy atom. The van der Waals surface area contributed by atoms with E-state index in [2.05, 4.69) is 10.3 Å². The van der Waals surface area contributed by atoms with E-state index in [-0.39, 0.29) is 6.61 Å². The molecule has 0 saturated carbocycles. The molecule has 1 aromatic rings. The second-order valence-electron chi connectivity index (χ2n) is 1.89. The largest absolute Gasteiger partial charge is 0.395 e. The zero-order chi connectivity index (χ0) is 7.23. The topological polar surface area (TPSA) is 45.1 Å². The first-order valence-electron chi connectivity index (χ1n) is 3.18. The van der Waals surface area contributed by atoms with Crippen LogP contribution in [0.25, 0.3) is 0 Å².